The summed E-state index contributed by atoms with van der Waals surface area (Å²) >= 11 is 0. The van der Waals surface area contributed by atoms with Gasteiger partial charge in [0.15, 0.2) is 0 Å². The fourth-order valence-corrected chi connectivity index (χ4v) is 2.04. The molecule has 0 bridgehead atoms. The van der Waals surface area contributed by atoms with Gasteiger partial charge in [0.1, 0.15) is 5.57 Å². The maximum atomic E-state index is 13.2. The summed E-state index contributed by atoms with van der Waals surface area (Å²) in [6.45, 7) is 5.34. The van der Waals surface area contributed by atoms with Crippen molar-refractivity contribution in [2.45, 2.75) is 52.2 Å². The first-order chi connectivity index (χ1) is 10.3. The summed E-state index contributed by atoms with van der Waals surface area (Å²) in [5.74, 6) is -2.47. The van der Waals surface area contributed by atoms with E-state index in [9.17, 15) is 18.0 Å². The third kappa shape index (κ3) is 4.88. The number of hydrogen-bond donors (Lipinski definition) is 0. The Hall–Kier alpha value is -1.28. The van der Waals surface area contributed by atoms with Crippen molar-refractivity contribution < 1.29 is 36.9 Å². The van der Waals surface area contributed by atoms with Crippen molar-refractivity contribution in [1.29, 1.82) is 0 Å². The number of rotatable bonds is 7. The number of halogens is 3. The average molecular weight is 326 g/mol. The molecule has 0 saturated carbocycles. The minimum absolute atomic E-state index is 0.00156. The molecular weight excluding hydrogens is 305 g/mol. The smallest absolute Gasteiger partial charge is 0.449 e. The third-order valence-corrected chi connectivity index (χ3v) is 2.85. The van der Waals surface area contributed by atoms with E-state index in [4.69, 9.17) is 18.9 Å². The molecule has 0 aromatic heterocycles. The third-order valence-electron chi connectivity index (χ3n) is 2.85. The Balaban J connectivity index is 3.16. The lowest BCUT2D eigenvalue weighted by atomic mass is 10.0. The number of esters is 1. The van der Waals surface area contributed by atoms with Crippen molar-refractivity contribution in [2.24, 2.45) is 0 Å². The number of hydrogen-bond acceptors (Lipinski definition) is 5. The first-order valence-corrected chi connectivity index (χ1v) is 7.23. The van der Waals surface area contributed by atoms with Gasteiger partial charge in [0.25, 0.3) is 0 Å². The minimum atomic E-state index is -4.83. The molecule has 0 fully saturated rings. The van der Waals surface area contributed by atoms with E-state index in [0.29, 0.717) is 6.42 Å². The predicted molar refractivity (Wildman–Crippen MR) is 70.9 cm³/mol. The van der Waals surface area contributed by atoms with E-state index in [-0.39, 0.29) is 26.2 Å². The lowest BCUT2D eigenvalue weighted by Gasteiger charge is -2.33. The van der Waals surface area contributed by atoms with Crippen molar-refractivity contribution in [2.75, 3.05) is 19.8 Å². The van der Waals surface area contributed by atoms with E-state index in [0.717, 1.165) is 0 Å². The van der Waals surface area contributed by atoms with E-state index in [1.165, 1.54) is 6.92 Å². The Kier molecular flexibility index (Phi) is 7.15. The molecule has 1 heterocycles. The maximum absolute atomic E-state index is 13.2. The second kappa shape index (κ2) is 8.38. The second-order valence-electron chi connectivity index (χ2n) is 4.56. The number of carbonyl (C=O) groups is 1. The van der Waals surface area contributed by atoms with Crippen LogP contribution < -0.4 is 0 Å². The van der Waals surface area contributed by atoms with Crippen LogP contribution in [0.5, 0.6) is 0 Å². The Morgan fingerprint density at radius 3 is 2.41 bits per heavy atom. The van der Waals surface area contributed by atoms with Crippen LogP contribution in [0.1, 0.15) is 33.6 Å². The van der Waals surface area contributed by atoms with E-state index in [2.05, 4.69) is 0 Å². The van der Waals surface area contributed by atoms with Gasteiger partial charge in [0.2, 0.25) is 12.0 Å². The van der Waals surface area contributed by atoms with E-state index >= 15 is 0 Å². The molecule has 22 heavy (non-hydrogen) atoms. The normalized spacial score (nSPS) is 22.5. The number of allylic oxidation sites excluding steroid dienone is 1. The van der Waals surface area contributed by atoms with Gasteiger partial charge in [-0.3, -0.25) is 0 Å². The van der Waals surface area contributed by atoms with Crippen molar-refractivity contribution >= 4 is 5.97 Å². The minimum Gasteiger partial charge on any atom is -0.462 e. The molecule has 0 N–H and O–H groups in total. The number of alkyl halides is 3. The van der Waals surface area contributed by atoms with E-state index in [1.54, 1.807) is 6.92 Å². The lowest BCUT2D eigenvalue weighted by Crippen LogP contribution is -2.40. The Morgan fingerprint density at radius 2 is 1.91 bits per heavy atom. The highest BCUT2D eigenvalue weighted by Gasteiger charge is 2.48. The summed E-state index contributed by atoms with van der Waals surface area (Å²) in [6, 6.07) is 0. The van der Waals surface area contributed by atoms with Gasteiger partial charge in [-0.2, -0.15) is 13.2 Å². The zero-order chi connectivity index (χ0) is 16.8. The van der Waals surface area contributed by atoms with Crippen LogP contribution in [0.2, 0.25) is 0 Å². The van der Waals surface area contributed by atoms with Gasteiger partial charge < -0.3 is 18.9 Å². The Morgan fingerprint density at radius 1 is 1.23 bits per heavy atom. The molecule has 0 amide bonds. The van der Waals surface area contributed by atoms with Crippen LogP contribution in [-0.4, -0.2) is 44.4 Å². The summed E-state index contributed by atoms with van der Waals surface area (Å²) in [7, 11) is 0. The molecule has 8 heteroatoms. The second-order valence-corrected chi connectivity index (χ2v) is 4.56. The zero-order valence-electron chi connectivity index (χ0n) is 12.9. The highest BCUT2D eigenvalue weighted by molar-refractivity contribution is 5.90. The van der Waals surface area contributed by atoms with Crippen molar-refractivity contribution in [1.82, 2.24) is 0 Å². The Labute approximate surface area is 127 Å². The average Bonchev–Trinajstić information content (AvgIpc) is 2.44. The molecule has 1 aliphatic heterocycles. The van der Waals surface area contributed by atoms with Crippen LogP contribution >= 0.6 is 0 Å². The fourth-order valence-electron chi connectivity index (χ4n) is 2.04. The molecule has 2 unspecified atom stereocenters. The van der Waals surface area contributed by atoms with Gasteiger partial charge in [0, 0.05) is 13.0 Å². The van der Waals surface area contributed by atoms with Crippen molar-refractivity contribution in [3.05, 3.63) is 11.3 Å². The molecular formula is C14H21F3O5. The van der Waals surface area contributed by atoms with Crippen LogP contribution in [0.4, 0.5) is 13.2 Å². The summed E-state index contributed by atoms with van der Waals surface area (Å²) < 4.78 is 59.7. The fraction of sp³-hybridized carbons (Fsp3) is 0.786. The van der Waals surface area contributed by atoms with Gasteiger partial charge in [-0.1, -0.05) is 6.92 Å². The Bertz CT molecular complexity index is 406. The molecule has 1 rings (SSSR count). The molecule has 1 aliphatic rings. The molecule has 0 aromatic rings. The molecule has 2 atom stereocenters. The molecule has 0 saturated heterocycles. The molecule has 0 radical (unpaired) electrons. The van der Waals surface area contributed by atoms with Gasteiger partial charge >= 0.3 is 12.1 Å². The number of carbonyl (C=O) groups excluding carboxylic acids is 1. The topological polar surface area (TPSA) is 54.0 Å². The molecule has 0 spiro atoms. The summed E-state index contributed by atoms with van der Waals surface area (Å²) in [5.41, 5.74) is -0.632. The number of ether oxygens (including phenoxy) is 4. The van der Waals surface area contributed by atoms with Crippen molar-refractivity contribution in [3.63, 3.8) is 0 Å². The van der Waals surface area contributed by atoms with Crippen LogP contribution in [0, 0.1) is 0 Å². The molecule has 0 aromatic carbocycles. The summed E-state index contributed by atoms with van der Waals surface area (Å²) in [5, 5.41) is 0. The molecule has 0 aliphatic carbocycles. The molecule has 5 nitrogen and oxygen atoms in total. The SMILES string of the molecule is CCCOC1CC(OCC)C(C(=O)OCC)=C(C(F)(F)F)O1. The largest absolute Gasteiger partial charge is 0.462 e. The van der Waals surface area contributed by atoms with Crippen LogP contribution in [0.15, 0.2) is 11.3 Å². The highest BCUT2D eigenvalue weighted by Crippen LogP contribution is 2.38. The lowest BCUT2D eigenvalue weighted by molar-refractivity contribution is -0.209. The quantitative estimate of drug-likeness (QED) is 0.673. The standard InChI is InChI=1S/C14H21F3O5/c1-4-7-21-10-8-9(19-5-2)11(13(18)20-6-3)12(22-10)14(15,16)17/h9-10H,4-8H2,1-3H3. The molecule has 128 valence electrons. The maximum Gasteiger partial charge on any atom is 0.449 e. The van der Waals surface area contributed by atoms with E-state index < -0.39 is 35.9 Å². The first kappa shape index (κ1) is 18.8. The summed E-state index contributed by atoms with van der Waals surface area (Å²) in [6.07, 6.45) is -6.37. The van der Waals surface area contributed by atoms with Crippen molar-refractivity contribution in [3.8, 4) is 0 Å². The van der Waals surface area contributed by atoms with Gasteiger partial charge in [-0.15, -0.1) is 0 Å². The van der Waals surface area contributed by atoms with Crippen LogP contribution in [0.25, 0.3) is 0 Å². The van der Waals surface area contributed by atoms with Crippen LogP contribution in [-0.2, 0) is 23.7 Å². The zero-order valence-corrected chi connectivity index (χ0v) is 12.9. The predicted octanol–water partition coefficient (Wildman–Crippen LogP) is 2.94. The van der Waals surface area contributed by atoms with E-state index in [1.807, 2.05) is 6.92 Å². The van der Waals surface area contributed by atoms with Gasteiger partial charge in [-0.25, -0.2) is 4.79 Å². The van der Waals surface area contributed by atoms with Crippen LogP contribution in [0.3, 0.4) is 0 Å². The first-order valence-electron chi connectivity index (χ1n) is 7.23. The summed E-state index contributed by atoms with van der Waals surface area (Å²) in [4.78, 5) is 11.9. The highest BCUT2D eigenvalue weighted by atomic mass is 19.4. The van der Waals surface area contributed by atoms with Gasteiger partial charge in [-0.05, 0) is 20.3 Å². The monoisotopic (exact) mass is 326 g/mol. The van der Waals surface area contributed by atoms with Gasteiger partial charge in [0.05, 0.1) is 19.3 Å².